The summed E-state index contributed by atoms with van der Waals surface area (Å²) in [5, 5.41) is 0. The van der Waals surface area contributed by atoms with Crippen LogP contribution in [0.4, 0.5) is 0 Å². The number of Topliss-reactive ketones (excluding diaryl/α,β-unsaturated/α-hetero) is 1. The van der Waals surface area contributed by atoms with E-state index in [1.165, 1.54) is 5.56 Å². The molecule has 1 aromatic carbocycles. The van der Waals surface area contributed by atoms with E-state index in [1.54, 1.807) is 10.8 Å². The smallest absolute Gasteiger partial charge is 0.202 e. The quantitative estimate of drug-likeness (QED) is 0.770. The second-order valence-corrected chi connectivity index (χ2v) is 6.18. The monoisotopic (exact) mass is 318 g/mol. The number of ketones is 1. The van der Waals surface area contributed by atoms with E-state index in [-0.39, 0.29) is 23.5 Å². The van der Waals surface area contributed by atoms with Crippen LogP contribution < -0.4 is 0 Å². The number of nitrogens with zero attached hydrogens (tertiary/aromatic N) is 2. The Morgan fingerprint density at radius 3 is 2.33 bits per heavy atom. The maximum Gasteiger partial charge on any atom is 0.202 e. The summed E-state index contributed by atoms with van der Waals surface area (Å²) in [6.45, 7) is 2.13. The molecule has 1 aliphatic carbocycles. The van der Waals surface area contributed by atoms with Gasteiger partial charge in [-0.15, -0.1) is 0 Å². The molecule has 24 heavy (non-hydrogen) atoms. The second-order valence-electron chi connectivity index (χ2n) is 6.18. The van der Waals surface area contributed by atoms with Crippen LogP contribution >= 0.6 is 0 Å². The van der Waals surface area contributed by atoms with Crippen molar-refractivity contribution in [2.24, 2.45) is 18.9 Å². The lowest BCUT2D eigenvalue weighted by molar-refractivity contribution is 0.0869. The molecule has 0 spiro atoms. The summed E-state index contributed by atoms with van der Waals surface area (Å²) in [6, 6.07) is 10.2. The van der Waals surface area contributed by atoms with Gasteiger partial charge in [0, 0.05) is 31.3 Å². The molecule has 3 nitrogen and oxygen atoms in total. The zero-order valence-electron chi connectivity index (χ0n) is 14.0. The Morgan fingerprint density at radius 2 is 1.75 bits per heavy atom. The first-order valence-corrected chi connectivity index (χ1v) is 8.26. The van der Waals surface area contributed by atoms with Crippen molar-refractivity contribution < 1.29 is 4.79 Å². The number of carbonyl (C=O) groups is 1. The third kappa shape index (κ3) is 3.30. The molecule has 0 N–H and O–H groups in total. The van der Waals surface area contributed by atoms with Crippen molar-refractivity contribution >= 4 is 5.78 Å². The van der Waals surface area contributed by atoms with Gasteiger partial charge in [0.1, 0.15) is 0 Å². The fourth-order valence-electron chi connectivity index (χ4n) is 3.27. The van der Waals surface area contributed by atoms with Gasteiger partial charge in [0.25, 0.3) is 0 Å². The Bertz CT molecular complexity index is 767. The molecule has 122 valence electrons. The maximum absolute atomic E-state index is 13.3. The number of allylic oxidation sites excluding steroid dienone is 6. The van der Waals surface area contributed by atoms with E-state index in [2.05, 4.69) is 36.2 Å². The molecule has 0 fully saturated rings. The van der Waals surface area contributed by atoms with Gasteiger partial charge in [-0.05, 0) is 11.5 Å². The van der Waals surface area contributed by atoms with E-state index in [0.717, 1.165) is 0 Å². The Balaban J connectivity index is 2.00. The van der Waals surface area contributed by atoms with Crippen molar-refractivity contribution in [2.75, 3.05) is 0 Å². The van der Waals surface area contributed by atoms with Crippen LogP contribution in [-0.2, 0) is 7.05 Å². The first-order valence-electron chi connectivity index (χ1n) is 8.26. The second kappa shape index (κ2) is 7.26. The number of hydrogen-bond donors (Lipinski definition) is 0. The molecule has 0 amide bonds. The van der Waals surface area contributed by atoms with Gasteiger partial charge in [-0.2, -0.15) is 0 Å². The number of aromatic nitrogens is 2. The number of benzene rings is 1. The molecular formula is C21H22N2O. The van der Waals surface area contributed by atoms with E-state index >= 15 is 0 Å². The normalized spacial score (nSPS) is 16.8. The van der Waals surface area contributed by atoms with Crippen LogP contribution in [0.2, 0.25) is 0 Å². The van der Waals surface area contributed by atoms with Gasteiger partial charge in [-0.3, -0.25) is 4.79 Å². The van der Waals surface area contributed by atoms with Crippen LogP contribution in [0.5, 0.6) is 0 Å². The molecule has 3 heteroatoms. The first kappa shape index (κ1) is 16.2. The molecule has 0 radical (unpaired) electrons. The molecule has 1 aromatic heterocycles. The molecule has 0 aliphatic heterocycles. The lowest BCUT2D eigenvalue weighted by atomic mass is 9.75. The Kier molecular flexibility index (Phi) is 4.90. The summed E-state index contributed by atoms with van der Waals surface area (Å²) in [5.41, 5.74) is 1.17. The zero-order chi connectivity index (χ0) is 16.9. The summed E-state index contributed by atoms with van der Waals surface area (Å²) in [6.07, 6.45) is 15.7. The molecule has 2 atom stereocenters. The molecule has 0 saturated heterocycles. The largest absolute Gasteiger partial charge is 0.332 e. The highest BCUT2D eigenvalue weighted by Gasteiger charge is 2.34. The molecule has 1 heterocycles. The summed E-state index contributed by atoms with van der Waals surface area (Å²) in [5.74, 6) is 0.537. The van der Waals surface area contributed by atoms with Crippen LogP contribution in [0.15, 0.2) is 79.2 Å². The SMILES string of the molecule is C[C@H](c1ccccc1)C(C(=O)c1nccn1C)C1C=CC=CC=C1. The predicted octanol–water partition coefficient (Wildman–Crippen LogP) is 4.32. The van der Waals surface area contributed by atoms with Crippen molar-refractivity contribution in [3.63, 3.8) is 0 Å². The van der Waals surface area contributed by atoms with Crippen molar-refractivity contribution in [2.45, 2.75) is 12.8 Å². The van der Waals surface area contributed by atoms with Crippen LogP contribution in [0.3, 0.4) is 0 Å². The summed E-state index contributed by atoms with van der Waals surface area (Å²) in [7, 11) is 1.87. The number of rotatable bonds is 5. The van der Waals surface area contributed by atoms with Gasteiger partial charge in [0.05, 0.1) is 0 Å². The van der Waals surface area contributed by atoms with Gasteiger partial charge in [0.15, 0.2) is 5.82 Å². The van der Waals surface area contributed by atoms with Crippen molar-refractivity contribution in [1.29, 1.82) is 0 Å². The Hall–Kier alpha value is -2.68. The highest BCUT2D eigenvalue weighted by molar-refractivity contribution is 5.96. The van der Waals surface area contributed by atoms with E-state index in [4.69, 9.17) is 0 Å². The molecule has 1 aliphatic rings. The number of aryl methyl sites for hydroxylation is 1. The van der Waals surface area contributed by atoms with Gasteiger partial charge >= 0.3 is 0 Å². The van der Waals surface area contributed by atoms with Crippen molar-refractivity contribution in [3.8, 4) is 0 Å². The minimum atomic E-state index is -0.194. The van der Waals surface area contributed by atoms with Crippen molar-refractivity contribution in [3.05, 3.63) is 90.6 Å². The summed E-state index contributed by atoms with van der Waals surface area (Å²) in [4.78, 5) is 17.6. The molecule has 1 unspecified atom stereocenters. The third-order valence-electron chi connectivity index (χ3n) is 4.62. The number of hydrogen-bond acceptors (Lipinski definition) is 2. The van der Waals surface area contributed by atoms with Gasteiger partial charge in [-0.1, -0.05) is 73.7 Å². The number of imidazole rings is 1. The highest BCUT2D eigenvalue weighted by Crippen LogP contribution is 2.34. The molecule has 0 bridgehead atoms. The van der Waals surface area contributed by atoms with Crippen LogP contribution in [0.1, 0.15) is 29.0 Å². The average Bonchev–Trinajstić information content (AvgIpc) is 2.86. The lowest BCUT2D eigenvalue weighted by Crippen LogP contribution is -2.29. The topological polar surface area (TPSA) is 34.9 Å². The fraction of sp³-hybridized carbons (Fsp3) is 0.238. The average molecular weight is 318 g/mol. The molecule has 3 rings (SSSR count). The van der Waals surface area contributed by atoms with Crippen LogP contribution in [0, 0.1) is 11.8 Å². The Labute approximate surface area is 143 Å². The summed E-state index contributed by atoms with van der Waals surface area (Å²) < 4.78 is 1.80. The minimum absolute atomic E-state index is 0.0411. The maximum atomic E-state index is 13.3. The van der Waals surface area contributed by atoms with Crippen LogP contribution in [0.25, 0.3) is 0 Å². The summed E-state index contributed by atoms with van der Waals surface area (Å²) >= 11 is 0. The number of carbonyl (C=O) groups excluding carboxylic acids is 1. The van der Waals surface area contributed by atoms with Crippen LogP contribution in [-0.4, -0.2) is 15.3 Å². The van der Waals surface area contributed by atoms with Crippen molar-refractivity contribution in [1.82, 2.24) is 9.55 Å². The molecular weight excluding hydrogens is 296 g/mol. The highest BCUT2D eigenvalue weighted by atomic mass is 16.1. The predicted molar refractivity (Wildman–Crippen MR) is 96.8 cm³/mol. The third-order valence-corrected chi connectivity index (χ3v) is 4.62. The van der Waals surface area contributed by atoms with Gasteiger partial charge in [0.2, 0.25) is 5.78 Å². The van der Waals surface area contributed by atoms with E-state index < -0.39 is 0 Å². The van der Waals surface area contributed by atoms with E-state index in [1.807, 2.05) is 55.7 Å². The fourth-order valence-corrected chi connectivity index (χ4v) is 3.27. The van der Waals surface area contributed by atoms with Gasteiger partial charge in [-0.25, -0.2) is 4.98 Å². The molecule has 2 aromatic rings. The van der Waals surface area contributed by atoms with E-state index in [0.29, 0.717) is 5.82 Å². The van der Waals surface area contributed by atoms with Gasteiger partial charge < -0.3 is 4.57 Å². The Morgan fingerprint density at radius 1 is 1.08 bits per heavy atom. The zero-order valence-corrected chi connectivity index (χ0v) is 14.0. The first-order chi connectivity index (χ1) is 11.7. The lowest BCUT2D eigenvalue weighted by Gasteiger charge is -2.27. The minimum Gasteiger partial charge on any atom is -0.332 e. The molecule has 0 saturated carbocycles. The standard InChI is InChI=1S/C21H22N2O/c1-16(17-10-8-5-9-11-17)19(18-12-6-3-4-7-13-18)20(24)21-22-14-15-23(21)2/h3-16,18-19H,1-2H3/t16-,19?/m1/s1. The van der Waals surface area contributed by atoms with E-state index in [9.17, 15) is 4.79 Å².